The third kappa shape index (κ3) is 31.5. The first-order valence-electron chi connectivity index (χ1n) is 2.43. The van der Waals surface area contributed by atoms with Crippen LogP contribution in [0, 0.1) is 0 Å². The van der Waals surface area contributed by atoms with Crippen molar-refractivity contribution in [2.24, 2.45) is 11.6 Å². The van der Waals surface area contributed by atoms with E-state index in [9.17, 15) is 0 Å². The van der Waals surface area contributed by atoms with Crippen molar-refractivity contribution in [3.63, 3.8) is 0 Å². The summed E-state index contributed by atoms with van der Waals surface area (Å²) in [5.74, 6) is 4.66. The first-order valence-corrected chi connectivity index (χ1v) is 3.41. The maximum atomic E-state index is 8.57. The van der Waals surface area contributed by atoms with Crippen molar-refractivity contribution < 1.29 is 14.3 Å². The van der Waals surface area contributed by atoms with E-state index in [1.807, 2.05) is 0 Å². The van der Waals surface area contributed by atoms with Gasteiger partial charge in [0.1, 0.15) is 0 Å². The monoisotopic (exact) mass is 156 g/mol. The van der Waals surface area contributed by atoms with Crippen LogP contribution < -0.4 is 11.6 Å². The molecule has 0 bridgehead atoms. The highest BCUT2D eigenvalue weighted by Gasteiger charge is 1.75. The zero-order valence-electron chi connectivity index (χ0n) is 5.12. The highest BCUT2D eigenvalue weighted by Crippen LogP contribution is 1.68. The first-order chi connectivity index (χ1) is 4.33. The molecule has 0 amide bonds. The molecule has 0 rings (SSSR count). The van der Waals surface area contributed by atoms with Gasteiger partial charge in [-0.1, -0.05) is 0 Å². The molecule has 0 saturated carbocycles. The molecule has 0 aliphatic carbocycles. The van der Waals surface area contributed by atoms with Crippen LogP contribution in [0.5, 0.6) is 0 Å². The molecular weight excluding hydrogens is 143 g/mol. The molecule has 0 aromatic rings. The van der Waals surface area contributed by atoms with Crippen LogP contribution in [0.4, 0.5) is 0 Å². The number of hydrogen-bond donors (Lipinski definition) is 3. The van der Waals surface area contributed by atoms with Crippen LogP contribution in [0.25, 0.3) is 0 Å². The Labute approximate surface area is 55.2 Å². The molecule has 0 heterocycles. The molecule has 0 fully saturated rings. The largest absolute Gasteiger partial charge is 0.348 e. The quantitative estimate of drug-likeness (QED) is 0.273. The highest BCUT2D eigenvalue weighted by molar-refractivity contribution is 7.16. The number of rotatable bonds is 3. The first kappa shape index (κ1) is 11.8. The Balaban J connectivity index is 0. The summed E-state index contributed by atoms with van der Waals surface area (Å²) in [5.41, 5.74) is 5.08. The zero-order chi connectivity index (χ0) is 7.54. The molecule has 0 radical (unpaired) electrons. The lowest BCUT2D eigenvalue weighted by Gasteiger charge is -1.89. The molecule has 0 aromatic carbocycles. The van der Waals surface area contributed by atoms with Crippen molar-refractivity contribution in [2.45, 2.75) is 6.42 Å². The van der Waals surface area contributed by atoms with Gasteiger partial charge in [-0.15, -0.1) is 0 Å². The predicted molar refractivity (Wildman–Crippen MR) is 36.4 cm³/mol. The Hall–Kier alpha value is 0.0700. The van der Waals surface area contributed by atoms with E-state index in [-0.39, 0.29) is 0 Å². The van der Waals surface area contributed by atoms with E-state index >= 15 is 0 Å². The Bertz CT molecular complexity index is 50.3. The Morgan fingerprint density at radius 1 is 1.67 bits per heavy atom. The minimum Gasteiger partial charge on any atom is -0.348 e. The maximum Gasteiger partial charge on any atom is 0.177 e. The molecule has 58 valence electrons. The van der Waals surface area contributed by atoms with Crippen molar-refractivity contribution in [3.8, 4) is 0 Å². The predicted octanol–water partition coefficient (Wildman–Crippen LogP) is -1.12. The molecule has 0 saturated heterocycles. The van der Waals surface area contributed by atoms with E-state index in [1.54, 1.807) is 0 Å². The van der Waals surface area contributed by atoms with Gasteiger partial charge in [0.25, 0.3) is 0 Å². The fourth-order valence-corrected chi connectivity index (χ4v) is 0.167. The third-order valence-corrected chi connectivity index (χ3v) is 0.466. The average Bonchev–Trinajstić information content (AvgIpc) is 1.86. The van der Waals surface area contributed by atoms with Crippen LogP contribution in [0.2, 0.25) is 0 Å². The van der Waals surface area contributed by atoms with Gasteiger partial charge < -0.3 is 15.5 Å². The van der Waals surface area contributed by atoms with Crippen LogP contribution >= 0.6 is 8.69 Å². The van der Waals surface area contributed by atoms with Crippen molar-refractivity contribution in [1.29, 1.82) is 0 Å². The van der Waals surface area contributed by atoms with E-state index in [0.29, 0.717) is 13.2 Å². The van der Waals surface area contributed by atoms with Gasteiger partial charge in [-0.2, -0.15) is 0 Å². The molecule has 6 heteroatoms. The summed E-state index contributed by atoms with van der Waals surface area (Å²) in [6.45, 7) is 1.22. The van der Waals surface area contributed by atoms with Gasteiger partial charge in [-0.25, -0.2) is 5.90 Å². The molecule has 1 unspecified atom stereocenters. The molecule has 0 spiro atoms. The Morgan fingerprint density at radius 2 is 2.11 bits per heavy atom. The second-order valence-electron chi connectivity index (χ2n) is 1.12. The third-order valence-electron chi connectivity index (χ3n) is 0.466. The normalized spacial score (nSPS) is 9.22. The van der Waals surface area contributed by atoms with E-state index < -0.39 is 8.69 Å². The standard InChI is InChI=1S/C3H10N2O.H3O2P/c4-2-1-3-6-5;1-3-2/h1-5H2;3H2,(H,1,2). The van der Waals surface area contributed by atoms with Crippen LogP contribution in [0.1, 0.15) is 6.42 Å². The van der Waals surface area contributed by atoms with Gasteiger partial charge in [0, 0.05) is 0 Å². The Morgan fingerprint density at radius 3 is 2.22 bits per heavy atom. The lowest BCUT2D eigenvalue weighted by Crippen LogP contribution is -2.07. The van der Waals surface area contributed by atoms with Crippen LogP contribution in [0.3, 0.4) is 0 Å². The topological polar surface area (TPSA) is 98.6 Å². The highest BCUT2D eigenvalue weighted by atomic mass is 31.1. The fourth-order valence-electron chi connectivity index (χ4n) is 0.167. The van der Waals surface area contributed by atoms with Crippen LogP contribution in [-0.2, 0) is 9.40 Å². The summed E-state index contributed by atoms with van der Waals surface area (Å²) >= 11 is 0. The lowest BCUT2D eigenvalue weighted by atomic mass is 10.5. The van der Waals surface area contributed by atoms with Gasteiger partial charge in [-0.05, 0) is 13.0 Å². The smallest absolute Gasteiger partial charge is 0.177 e. The molecular formula is C3H13N2O3P. The molecule has 0 aromatic heterocycles. The minimum atomic E-state index is -1.50. The maximum absolute atomic E-state index is 8.57. The molecule has 0 aliphatic heterocycles. The average molecular weight is 156 g/mol. The van der Waals surface area contributed by atoms with E-state index in [4.69, 9.17) is 15.2 Å². The summed E-state index contributed by atoms with van der Waals surface area (Å²) in [4.78, 5) is 11.3. The molecule has 9 heavy (non-hydrogen) atoms. The van der Waals surface area contributed by atoms with Gasteiger partial charge in [-0.3, -0.25) is 4.57 Å². The van der Waals surface area contributed by atoms with Gasteiger partial charge in [0.15, 0.2) is 8.69 Å². The van der Waals surface area contributed by atoms with Crippen LogP contribution in [-0.4, -0.2) is 18.0 Å². The zero-order valence-corrected chi connectivity index (χ0v) is 6.27. The second kappa shape index (κ2) is 15.7. The van der Waals surface area contributed by atoms with Crippen molar-refractivity contribution in [3.05, 3.63) is 0 Å². The summed E-state index contributed by atoms with van der Waals surface area (Å²) < 4.78 is 8.57. The van der Waals surface area contributed by atoms with Crippen LogP contribution in [0.15, 0.2) is 0 Å². The second-order valence-corrected chi connectivity index (χ2v) is 1.33. The van der Waals surface area contributed by atoms with Crippen molar-refractivity contribution >= 4 is 8.69 Å². The molecule has 1 atom stereocenters. The minimum absolute atomic E-state index is 0.566. The van der Waals surface area contributed by atoms with E-state index in [1.165, 1.54) is 0 Å². The van der Waals surface area contributed by atoms with Gasteiger partial charge in [0.2, 0.25) is 0 Å². The summed E-state index contributed by atoms with van der Waals surface area (Å²) in [5, 5.41) is 0. The lowest BCUT2D eigenvalue weighted by molar-refractivity contribution is 0.137. The number of hydrogen-bond acceptors (Lipinski definition) is 4. The molecule has 0 aliphatic rings. The van der Waals surface area contributed by atoms with Crippen molar-refractivity contribution in [1.82, 2.24) is 0 Å². The van der Waals surface area contributed by atoms with Crippen molar-refractivity contribution in [2.75, 3.05) is 13.2 Å². The molecule has 5 N–H and O–H groups in total. The summed E-state index contributed by atoms with van der Waals surface area (Å²) in [6, 6.07) is 0. The van der Waals surface area contributed by atoms with Gasteiger partial charge >= 0.3 is 0 Å². The SMILES string of the molecule is NCCCON.O=[PH2]O. The summed E-state index contributed by atoms with van der Waals surface area (Å²) in [6.07, 6.45) is 0.844. The van der Waals surface area contributed by atoms with E-state index in [0.717, 1.165) is 6.42 Å². The fraction of sp³-hybridized carbons (Fsp3) is 1.00. The van der Waals surface area contributed by atoms with E-state index in [2.05, 4.69) is 10.7 Å². The Kier molecular flexibility index (Phi) is 20.6. The molecule has 5 nitrogen and oxygen atoms in total. The van der Waals surface area contributed by atoms with Gasteiger partial charge in [0.05, 0.1) is 6.61 Å². The number of nitrogens with two attached hydrogens (primary N) is 2. The summed E-state index contributed by atoms with van der Waals surface area (Å²) in [7, 11) is -1.50.